The first-order valence-electron chi connectivity index (χ1n) is 8.22. The number of nitrogens with zero attached hydrogens (tertiary/aromatic N) is 5. The minimum absolute atomic E-state index is 0.00126. The molecule has 7 nitrogen and oxygen atoms in total. The summed E-state index contributed by atoms with van der Waals surface area (Å²) in [7, 11) is 3.55. The molecule has 0 saturated heterocycles. The largest absolute Gasteiger partial charge is 0.405 e. The molecule has 0 atom stereocenters. The second kappa shape index (κ2) is 8.30. The monoisotopic (exact) mass is 440 g/mol. The van der Waals surface area contributed by atoms with Gasteiger partial charge in [0.1, 0.15) is 24.0 Å². The summed E-state index contributed by atoms with van der Waals surface area (Å²) in [6.45, 7) is -1.21. The van der Waals surface area contributed by atoms with Crippen LogP contribution in [0.1, 0.15) is 0 Å². The number of nitriles is 1. The van der Waals surface area contributed by atoms with E-state index in [9.17, 15) is 23.2 Å². The number of anilines is 3. The molecular weight excluding hydrogens is 425 g/mol. The van der Waals surface area contributed by atoms with Crippen LogP contribution in [0.4, 0.5) is 29.7 Å². The number of ketones is 1. The molecule has 1 aliphatic heterocycles. The number of allylic oxidation sites excluding steroid dienone is 1. The predicted molar refractivity (Wildman–Crippen MR) is 106 cm³/mol. The van der Waals surface area contributed by atoms with Crippen LogP contribution in [-0.2, 0) is 4.79 Å². The average molecular weight is 440 g/mol. The van der Waals surface area contributed by atoms with Crippen LogP contribution in [0.15, 0.2) is 40.0 Å². The highest BCUT2D eigenvalue weighted by Gasteiger charge is 2.31. The van der Waals surface area contributed by atoms with Gasteiger partial charge in [0.05, 0.1) is 17.1 Å². The summed E-state index contributed by atoms with van der Waals surface area (Å²) in [4.78, 5) is 16.2. The molecular formula is C17H15F3N6OS2. The topological polar surface area (TPSA) is 85.1 Å². The van der Waals surface area contributed by atoms with Gasteiger partial charge >= 0.3 is 6.18 Å². The first-order chi connectivity index (χ1) is 13.7. The number of halogens is 3. The molecule has 152 valence electrons. The van der Waals surface area contributed by atoms with Crippen LogP contribution >= 0.6 is 23.1 Å². The van der Waals surface area contributed by atoms with E-state index < -0.39 is 18.5 Å². The van der Waals surface area contributed by atoms with E-state index in [1.807, 2.05) is 30.3 Å². The van der Waals surface area contributed by atoms with Crippen LogP contribution in [0.2, 0.25) is 0 Å². The number of fused-ring (bicyclic) bond motifs is 1. The lowest BCUT2D eigenvalue weighted by molar-refractivity contribution is -0.115. The number of hydrogen-bond donors (Lipinski definition) is 1. The second-order valence-electron chi connectivity index (χ2n) is 5.97. The SMILES string of the molecule is CN1C(=C(C#N)C(=O)CSc2nnc(NCC(F)(F)F)s2)N(C)c2ccccc21. The van der Waals surface area contributed by atoms with Gasteiger partial charge in [-0.1, -0.05) is 35.2 Å². The number of hydrogen-bond acceptors (Lipinski definition) is 9. The molecule has 0 bridgehead atoms. The van der Waals surface area contributed by atoms with Gasteiger partial charge in [0.25, 0.3) is 0 Å². The molecule has 1 N–H and O–H groups in total. The van der Waals surface area contributed by atoms with E-state index in [1.54, 1.807) is 23.9 Å². The van der Waals surface area contributed by atoms with Crippen LogP contribution in [-0.4, -0.2) is 48.5 Å². The Morgan fingerprint density at radius 1 is 1.24 bits per heavy atom. The van der Waals surface area contributed by atoms with Gasteiger partial charge < -0.3 is 15.1 Å². The standard InChI is InChI=1S/C17H15F3N6OS2/c1-25-11-5-3-4-6-12(11)26(2)14(25)10(7-21)13(27)8-28-16-24-23-15(29-16)22-9-17(18,19)20/h3-6H,8-9H2,1-2H3,(H,22,23). The molecule has 0 amide bonds. The van der Waals surface area contributed by atoms with Crippen molar-refractivity contribution in [3.8, 4) is 6.07 Å². The molecule has 0 radical (unpaired) electrons. The van der Waals surface area contributed by atoms with E-state index in [0.717, 1.165) is 34.5 Å². The number of benzene rings is 1. The first kappa shape index (κ1) is 20.9. The summed E-state index contributed by atoms with van der Waals surface area (Å²) in [5.41, 5.74) is 1.75. The molecule has 12 heteroatoms. The number of para-hydroxylation sites is 2. The molecule has 1 aromatic carbocycles. The molecule has 29 heavy (non-hydrogen) atoms. The number of aromatic nitrogens is 2. The number of Topliss-reactive ketones (excluding diaryl/α,β-unsaturated/α-hetero) is 1. The zero-order valence-corrected chi connectivity index (χ0v) is 17.0. The van der Waals surface area contributed by atoms with Crippen molar-refractivity contribution in [3.63, 3.8) is 0 Å². The van der Waals surface area contributed by atoms with Gasteiger partial charge in [-0.3, -0.25) is 4.79 Å². The Kier molecular flexibility index (Phi) is 5.99. The van der Waals surface area contributed by atoms with Crippen molar-refractivity contribution in [2.45, 2.75) is 10.5 Å². The Bertz CT molecular complexity index is 967. The third kappa shape index (κ3) is 4.63. The van der Waals surface area contributed by atoms with E-state index in [-0.39, 0.29) is 16.5 Å². The van der Waals surface area contributed by atoms with E-state index in [2.05, 4.69) is 15.5 Å². The lowest BCUT2D eigenvalue weighted by Gasteiger charge is -2.19. The fourth-order valence-electron chi connectivity index (χ4n) is 2.77. The third-order valence-corrected chi connectivity index (χ3v) is 6.04. The van der Waals surface area contributed by atoms with Gasteiger partial charge in [-0.2, -0.15) is 18.4 Å². The molecule has 3 rings (SSSR count). The molecule has 0 saturated carbocycles. The Morgan fingerprint density at radius 3 is 2.41 bits per heavy atom. The maximum Gasteiger partial charge on any atom is 0.405 e. The van der Waals surface area contributed by atoms with Gasteiger partial charge in [-0.25, -0.2) is 0 Å². The van der Waals surface area contributed by atoms with Crippen molar-refractivity contribution in [2.24, 2.45) is 0 Å². The minimum atomic E-state index is -4.36. The molecule has 2 heterocycles. The predicted octanol–water partition coefficient (Wildman–Crippen LogP) is 3.49. The summed E-state index contributed by atoms with van der Waals surface area (Å²) < 4.78 is 37.1. The molecule has 2 aromatic rings. The zero-order valence-electron chi connectivity index (χ0n) is 15.3. The summed E-state index contributed by atoms with van der Waals surface area (Å²) in [6.07, 6.45) is -4.36. The highest BCUT2D eigenvalue weighted by molar-refractivity contribution is 8.01. The van der Waals surface area contributed by atoms with Crippen molar-refractivity contribution in [2.75, 3.05) is 41.5 Å². The Balaban J connectivity index is 1.70. The van der Waals surface area contributed by atoms with Crippen molar-refractivity contribution in [1.29, 1.82) is 5.26 Å². The molecule has 0 aliphatic carbocycles. The Labute approximate surface area is 172 Å². The molecule has 1 aromatic heterocycles. The number of carbonyl (C=O) groups excluding carboxylic acids is 1. The summed E-state index contributed by atoms with van der Waals surface area (Å²) in [5.74, 6) is -0.0127. The normalized spacial score (nSPS) is 13.3. The van der Waals surface area contributed by atoms with Gasteiger partial charge in [-0.15, -0.1) is 10.2 Å². The number of carbonyl (C=O) groups is 1. The maximum absolute atomic E-state index is 12.7. The molecule has 0 unspecified atom stereocenters. The number of thioether (sulfide) groups is 1. The molecule has 0 fully saturated rings. The number of alkyl halides is 3. The van der Waals surface area contributed by atoms with Gasteiger partial charge in [0.2, 0.25) is 5.13 Å². The van der Waals surface area contributed by atoms with Crippen LogP contribution in [0.25, 0.3) is 0 Å². The minimum Gasteiger partial charge on any atom is -0.351 e. The summed E-state index contributed by atoms with van der Waals surface area (Å²) >= 11 is 1.94. The van der Waals surface area contributed by atoms with Gasteiger partial charge in [-0.05, 0) is 12.1 Å². The molecule has 0 spiro atoms. The van der Waals surface area contributed by atoms with Crippen LogP contribution in [0.5, 0.6) is 0 Å². The highest BCUT2D eigenvalue weighted by atomic mass is 32.2. The van der Waals surface area contributed by atoms with Crippen molar-refractivity contribution in [3.05, 3.63) is 35.7 Å². The van der Waals surface area contributed by atoms with E-state index >= 15 is 0 Å². The third-order valence-electron chi connectivity index (χ3n) is 4.03. The van der Waals surface area contributed by atoms with Gasteiger partial charge in [0.15, 0.2) is 10.1 Å². The average Bonchev–Trinajstić information content (AvgIpc) is 3.24. The quantitative estimate of drug-likeness (QED) is 0.415. The summed E-state index contributed by atoms with van der Waals surface area (Å²) in [5, 5.41) is 19.1. The lowest BCUT2D eigenvalue weighted by atomic mass is 10.2. The Hall–Kier alpha value is -2.78. The summed E-state index contributed by atoms with van der Waals surface area (Å²) in [6, 6.07) is 9.51. The second-order valence-corrected chi connectivity index (χ2v) is 8.17. The van der Waals surface area contributed by atoms with E-state index in [4.69, 9.17) is 0 Å². The highest BCUT2D eigenvalue weighted by Crippen LogP contribution is 2.40. The van der Waals surface area contributed by atoms with Gasteiger partial charge in [0, 0.05) is 14.1 Å². The van der Waals surface area contributed by atoms with Crippen LogP contribution in [0, 0.1) is 11.3 Å². The first-order valence-corrected chi connectivity index (χ1v) is 10.0. The Morgan fingerprint density at radius 2 is 1.86 bits per heavy atom. The van der Waals surface area contributed by atoms with Crippen molar-refractivity contribution in [1.82, 2.24) is 10.2 Å². The van der Waals surface area contributed by atoms with Crippen LogP contribution in [0.3, 0.4) is 0 Å². The van der Waals surface area contributed by atoms with E-state index in [1.165, 1.54) is 0 Å². The fraction of sp³-hybridized carbons (Fsp3) is 0.294. The smallest absolute Gasteiger partial charge is 0.351 e. The molecule has 1 aliphatic rings. The number of rotatable bonds is 6. The fourth-order valence-corrected chi connectivity index (χ4v) is 4.39. The van der Waals surface area contributed by atoms with Crippen LogP contribution < -0.4 is 15.1 Å². The zero-order chi connectivity index (χ0) is 21.2. The van der Waals surface area contributed by atoms with Crippen molar-refractivity contribution >= 4 is 45.4 Å². The lowest BCUT2D eigenvalue weighted by Crippen LogP contribution is -2.26. The van der Waals surface area contributed by atoms with E-state index in [0.29, 0.717) is 10.2 Å². The van der Waals surface area contributed by atoms with Crippen molar-refractivity contribution < 1.29 is 18.0 Å². The number of nitrogens with one attached hydrogen (secondary N) is 1. The maximum atomic E-state index is 12.7.